The van der Waals surface area contributed by atoms with Crippen LogP contribution in [0, 0.1) is 0 Å². The van der Waals surface area contributed by atoms with Gasteiger partial charge in [-0.2, -0.15) is 0 Å². The monoisotopic (exact) mass is 260 g/mol. The highest BCUT2D eigenvalue weighted by molar-refractivity contribution is 4.76. The van der Waals surface area contributed by atoms with Crippen LogP contribution in [-0.4, -0.2) is 43.4 Å². The van der Waals surface area contributed by atoms with Gasteiger partial charge in [0, 0.05) is 19.6 Å². The number of hydrogen-bond acceptors (Lipinski definition) is 4. The Bertz CT molecular complexity index is 198. The molecule has 0 aromatic heterocycles. The van der Waals surface area contributed by atoms with Crippen molar-refractivity contribution in [2.75, 3.05) is 19.8 Å². The van der Waals surface area contributed by atoms with Gasteiger partial charge in [-0.05, 0) is 19.3 Å². The molecule has 0 aromatic carbocycles. The second-order valence-electron chi connectivity index (χ2n) is 4.90. The fraction of sp³-hybridized carbons (Fsp3) is 1.00. The molecule has 0 amide bonds. The molecule has 0 radical (unpaired) electrons. The number of rotatable bonds is 9. The fourth-order valence-electron chi connectivity index (χ4n) is 2.01. The molecule has 1 aliphatic rings. The minimum atomic E-state index is -0.657. The summed E-state index contributed by atoms with van der Waals surface area (Å²) in [5.41, 5.74) is 0. The Morgan fingerprint density at radius 3 is 2.56 bits per heavy atom. The molecule has 0 spiro atoms. The molecule has 4 nitrogen and oxygen atoms in total. The molecular weight excluding hydrogens is 232 g/mol. The Balaban J connectivity index is 2.26. The number of aliphatic hydroxyl groups excluding tert-OH is 1. The maximum atomic E-state index is 9.54. The van der Waals surface area contributed by atoms with E-state index in [4.69, 9.17) is 14.2 Å². The lowest BCUT2D eigenvalue weighted by Gasteiger charge is -2.34. The van der Waals surface area contributed by atoms with E-state index < -0.39 is 6.29 Å². The Hall–Kier alpha value is -0.160. The molecular formula is C14H28O4. The first kappa shape index (κ1) is 15.9. The summed E-state index contributed by atoms with van der Waals surface area (Å²) in [5.74, 6) is 0. The Labute approximate surface area is 111 Å². The van der Waals surface area contributed by atoms with Crippen LogP contribution in [0.4, 0.5) is 0 Å². The van der Waals surface area contributed by atoms with Crippen LogP contribution < -0.4 is 0 Å². The summed E-state index contributed by atoms with van der Waals surface area (Å²) in [7, 11) is 0. The third kappa shape index (κ3) is 6.14. The molecule has 1 fully saturated rings. The number of aliphatic hydroxyl groups is 1. The number of hydrogen-bond donors (Lipinski definition) is 1. The molecule has 18 heavy (non-hydrogen) atoms. The molecule has 4 heteroatoms. The standard InChI is InChI=1S/C14H28O4/c1-3-5-9-16-11-13-12(17-10-6-4-2)7-8-14(15)18-13/h12-15H,3-11H2,1-2H3. The molecule has 108 valence electrons. The summed E-state index contributed by atoms with van der Waals surface area (Å²) in [4.78, 5) is 0. The highest BCUT2D eigenvalue weighted by Gasteiger charge is 2.31. The molecule has 1 aliphatic heterocycles. The minimum absolute atomic E-state index is 0.0709. The molecule has 1 heterocycles. The summed E-state index contributed by atoms with van der Waals surface area (Å²) in [6, 6.07) is 0. The van der Waals surface area contributed by atoms with Gasteiger partial charge in [0.25, 0.3) is 0 Å². The van der Waals surface area contributed by atoms with E-state index in [1.54, 1.807) is 0 Å². The van der Waals surface area contributed by atoms with Crippen molar-refractivity contribution in [2.45, 2.75) is 70.9 Å². The fourth-order valence-corrected chi connectivity index (χ4v) is 2.01. The van der Waals surface area contributed by atoms with Gasteiger partial charge in [0.15, 0.2) is 6.29 Å². The topological polar surface area (TPSA) is 47.9 Å². The molecule has 1 saturated heterocycles. The van der Waals surface area contributed by atoms with E-state index >= 15 is 0 Å². The van der Waals surface area contributed by atoms with Crippen molar-refractivity contribution in [3.05, 3.63) is 0 Å². The van der Waals surface area contributed by atoms with Crippen LogP contribution in [0.3, 0.4) is 0 Å². The van der Waals surface area contributed by atoms with Gasteiger partial charge in [0.1, 0.15) is 6.10 Å². The second-order valence-corrected chi connectivity index (χ2v) is 4.90. The van der Waals surface area contributed by atoms with Crippen LogP contribution in [0.2, 0.25) is 0 Å². The summed E-state index contributed by atoms with van der Waals surface area (Å²) in [5, 5.41) is 9.54. The summed E-state index contributed by atoms with van der Waals surface area (Å²) in [6.07, 6.45) is 5.20. The Kier molecular flexibility index (Phi) is 8.59. The van der Waals surface area contributed by atoms with Crippen molar-refractivity contribution in [1.82, 2.24) is 0 Å². The number of ether oxygens (including phenoxy) is 3. The zero-order valence-electron chi connectivity index (χ0n) is 11.8. The zero-order valence-corrected chi connectivity index (χ0v) is 11.8. The first-order valence-electron chi connectivity index (χ1n) is 7.30. The smallest absolute Gasteiger partial charge is 0.155 e. The molecule has 0 aliphatic carbocycles. The van der Waals surface area contributed by atoms with Gasteiger partial charge in [-0.1, -0.05) is 26.7 Å². The van der Waals surface area contributed by atoms with Crippen LogP contribution in [0.5, 0.6) is 0 Å². The average Bonchev–Trinajstić information content (AvgIpc) is 2.37. The van der Waals surface area contributed by atoms with Gasteiger partial charge in [-0.15, -0.1) is 0 Å². The quantitative estimate of drug-likeness (QED) is 0.647. The SMILES string of the molecule is CCCCOCC1OC(O)CCC1OCCCC. The van der Waals surface area contributed by atoms with E-state index in [0.29, 0.717) is 13.0 Å². The molecule has 3 unspecified atom stereocenters. The number of unbranched alkanes of at least 4 members (excludes halogenated alkanes) is 2. The maximum absolute atomic E-state index is 9.54. The predicted octanol–water partition coefficient (Wildman–Crippen LogP) is 2.49. The van der Waals surface area contributed by atoms with Gasteiger partial charge in [0.05, 0.1) is 12.7 Å². The van der Waals surface area contributed by atoms with Crippen LogP contribution in [0.15, 0.2) is 0 Å². The maximum Gasteiger partial charge on any atom is 0.155 e. The first-order chi connectivity index (χ1) is 8.77. The highest BCUT2D eigenvalue weighted by Crippen LogP contribution is 2.21. The second kappa shape index (κ2) is 9.73. The van der Waals surface area contributed by atoms with Crippen LogP contribution in [0.25, 0.3) is 0 Å². The zero-order chi connectivity index (χ0) is 13.2. The molecule has 3 atom stereocenters. The van der Waals surface area contributed by atoms with Crippen molar-refractivity contribution < 1.29 is 19.3 Å². The third-order valence-corrected chi connectivity index (χ3v) is 3.20. The Morgan fingerprint density at radius 2 is 1.83 bits per heavy atom. The first-order valence-corrected chi connectivity index (χ1v) is 7.30. The normalized spacial score (nSPS) is 28.5. The molecule has 0 bridgehead atoms. The third-order valence-electron chi connectivity index (χ3n) is 3.20. The largest absolute Gasteiger partial charge is 0.379 e. The molecule has 0 aromatic rings. The average molecular weight is 260 g/mol. The van der Waals surface area contributed by atoms with E-state index in [1.165, 1.54) is 0 Å². The lowest BCUT2D eigenvalue weighted by Crippen LogP contribution is -2.43. The van der Waals surface area contributed by atoms with Gasteiger partial charge in [-0.3, -0.25) is 0 Å². The Morgan fingerprint density at radius 1 is 1.11 bits per heavy atom. The van der Waals surface area contributed by atoms with E-state index in [9.17, 15) is 5.11 Å². The summed E-state index contributed by atoms with van der Waals surface area (Å²) in [6.45, 7) is 6.34. The molecule has 1 rings (SSSR count). The van der Waals surface area contributed by atoms with Crippen molar-refractivity contribution >= 4 is 0 Å². The van der Waals surface area contributed by atoms with Crippen LogP contribution in [0.1, 0.15) is 52.4 Å². The van der Waals surface area contributed by atoms with Gasteiger partial charge in [-0.25, -0.2) is 0 Å². The van der Waals surface area contributed by atoms with E-state index in [2.05, 4.69) is 13.8 Å². The van der Waals surface area contributed by atoms with E-state index in [0.717, 1.165) is 45.3 Å². The van der Waals surface area contributed by atoms with Crippen molar-refractivity contribution in [1.29, 1.82) is 0 Å². The van der Waals surface area contributed by atoms with E-state index in [-0.39, 0.29) is 12.2 Å². The predicted molar refractivity (Wildman–Crippen MR) is 70.5 cm³/mol. The van der Waals surface area contributed by atoms with Crippen LogP contribution >= 0.6 is 0 Å². The molecule has 0 saturated carbocycles. The van der Waals surface area contributed by atoms with Gasteiger partial charge < -0.3 is 19.3 Å². The van der Waals surface area contributed by atoms with Gasteiger partial charge in [0.2, 0.25) is 0 Å². The molecule has 1 N–H and O–H groups in total. The lowest BCUT2D eigenvalue weighted by atomic mass is 10.1. The van der Waals surface area contributed by atoms with Crippen molar-refractivity contribution in [3.8, 4) is 0 Å². The minimum Gasteiger partial charge on any atom is -0.379 e. The summed E-state index contributed by atoms with van der Waals surface area (Å²) >= 11 is 0. The van der Waals surface area contributed by atoms with Crippen molar-refractivity contribution in [3.63, 3.8) is 0 Å². The van der Waals surface area contributed by atoms with E-state index in [1.807, 2.05) is 0 Å². The summed E-state index contributed by atoms with van der Waals surface area (Å²) < 4.78 is 16.9. The lowest BCUT2D eigenvalue weighted by molar-refractivity contribution is -0.222. The van der Waals surface area contributed by atoms with Crippen LogP contribution in [-0.2, 0) is 14.2 Å². The van der Waals surface area contributed by atoms with Gasteiger partial charge >= 0.3 is 0 Å². The highest BCUT2D eigenvalue weighted by atomic mass is 16.6. The van der Waals surface area contributed by atoms with Crippen molar-refractivity contribution in [2.24, 2.45) is 0 Å².